The Hall–Kier alpha value is -15.3. The minimum Gasteiger partial charge on any atom is -0.494 e. The normalized spacial score (nSPS) is 10.8. The highest BCUT2D eigenvalue weighted by Gasteiger charge is 2.17. The highest BCUT2D eigenvalue weighted by atomic mass is 17.2. The van der Waals surface area contributed by atoms with Crippen molar-refractivity contribution in [1.82, 2.24) is 0 Å². The van der Waals surface area contributed by atoms with Gasteiger partial charge < -0.3 is 71.1 Å². The van der Waals surface area contributed by atoms with Gasteiger partial charge in [-0.3, -0.25) is 0 Å². The van der Waals surface area contributed by atoms with Crippen LogP contribution < -0.4 is 52.1 Å². The average Bonchev–Trinajstić information content (AvgIpc) is 0.843. The minimum absolute atomic E-state index is 0.00336. The zero-order valence-corrected chi connectivity index (χ0v) is 82.0. The summed E-state index contributed by atoms with van der Waals surface area (Å²) in [6.07, 6.45) is 22.9. The fraction of sp³-hybridized carbons (Fsp3) is 0.319. The number of ether oxygens (including phenoxy) is 15. The van der Waals surface area contributed by atoms with E-state index < -0.39 is 29.8 Å². The maximum atomic E-state index is 12.6. The van der Waals surface area contributed by atoms with Gasteiger partial charge in [0.25, 0.3) is 0 Å². The third-order valence-electron chi connectivity index (χ3n) is 21.3. The van der Waals surface area contributed by atoms with Gasteiger partial charge in [0.2, 0.25) is 6.79 Å². The Morgan fingerprint density at radius 2 is 0.577 bits per heavy atom. The lowest BCUT2D eigenvalue weighted by molar-refractivity contribution is -0.287. The topological polar surface area (TPSA) is 317 Å². The highest BCUT2D eigenvalue weighted by Crippen LogP contribution is 2.30. The van der Waals surface area contributed by atoms with Crippen molar-refractivity contribution < 1.29 is 119 Å². The fourth-order valence-corrected chi connectivity index (χ4v) is 12.9. The number of esters is 8. The van der Waals surface area contributed by atoms with Crippen LogP contribution in [-0.2, 0) is 60.7 Å². The number of hydrogen-bond donors (Lipinski definition) is 0. The number of carbonyl (C=O) groups is 8. The molecule has 0 saturated heterocycles. The van der Waals surface area contributed by atoms with E-state index in [1.165, 1.54) is 29.7 Å². The summed E-state index contributed by atoms with van der Waals surface area (Å²) >= 11 is 0. The molecule has 26 heteroatoms. The molecule has 0 saturated carbocycles. The smallest absolute Gasteiger partial charge is 0.343 e. The molecule has 10 rings (SSSR count). The van der Waals surface area contributed by atoms with E-state index in [9.17, 15) is 38.4 Å². The lowest BCUT2D eigenvalue weighted by Crippen LogP contribution is -2.10. The van der Waals surface area contributed by atoms with Crippen LogP contribution in [0.4, 0.5) is 0 Å². The van der Waals surface area contributed by atoms with Crippen molar-refractivity contribution in [2.45, 2.75) is 150 Å². The summed E-state index contributed by atoms with van der Waals surface area (Å²) in [5.41, 5.74) is 7.83. The summed E-state index contributed by atoms with van der Waals surface area (Å²) in [6.45, 7) is 32.6. The van der Waals surface area contributed by atoms with Crippen molar-refractivity contribution in [3.8, 4) is 80.4 Å². The molecular formula is C116H131NO25. The Morgan fingerprint density at radius 3 is 0.908 bits per heavy atom. The predicted octanol–water partition coefficient (Wildman–Crippen LogP) is 24.5. The van der Waals surface area contributed by atoms with Crippen LogP contribution in [0, 0.1) is 30.1 Å². The molecule has 0 amide bonds. The molecule has 750 valence electrons. The first kappa shape index (κ1) is 114. The third-order valence-corrected chi connectivity index (χ3v) is 21.3. The van der Waals surface area contributed by atoms with E-state index >= 15 is 0 Å². The van der Waals surface area contributed by atoms with Gasteiger partial charge in [-0.05, 0) is 325 Å². The van der Waals surface area contributed by atoms with Crippen molar-refractivity contribution >= 4 is 47.8 Å². The number of benzene rings is 10. The van der Waals surface area contributed by atoms with Crippen LogP contribution in [0.2, 0.25) is 0 Å². The quantitative estimate of drug-likeness (QED) is 0.00393. The van der Waals surface area contributed by atoms with Crippen LogP contribution in [0.25, 0.3) is 11.1 Å². The molecule has 0 fully saturated rings. The summed E-state index contributed by atoms with van der Waals surface area (Å²) in [7, 11) is 0. The number of hydrogen-bond acceptors (Lipinski definition) is 26. The standard InChI is InChI=1S/C33H36O10.C33H38O5.C27H34O5.C23H23NO5/c1-4-18-41-42-22-7-20-37-28-12-14-29(15-13-28)39-24-40-31-17-16-30(23-25(31)3)43-33(35)26-8-10-27(11-9-26)36-19-6-21-38-32(34)5-2;1-4-25(3)24-26-10-12-27(13-11-26)28-14-20-31(21-15-28)38-33(35)29-16-18-30(19-17-29)36-22-8-6-7-9-23-37-32(34)5-2;1-4-21(3)20-22-10-14-25(15-11-22)32-27(29)23-12-16-24(17-13-23)30-18-8-6-7-9-19-31-26(28)5-2;1-2-22(25)28-16-6-4-3-5-15-27-20-13-9-19(10-14-20)23(26)29-21-11-7-18(17-24)8-12-21/h4-5,8-17,23H,1-2,6-7,18-22,24H2,3H3;5,10-21,25H,2,4,6-9,22-24H2,1,3H3;5,10-17,21H,2,4,6-9,18-20H2,1,3H3;2,7-14H,1,3-6,15-16H2. The van der Waals surface area contributed by atoms with E-state index in [-0.39, 0.29) is 31.3 Å². The SMILES string of the molecule is C=CC(=O)OCCCCCCOc1ccc(C(=O)Oc2ccc(-c3ccc(CC(C)CC)cc3)cc2)cc1.C=CC(=O)OCCCCCCOc1ccc(C(=O)Oc2ccc(C#N)cc2)cc1.C=CC(=O)OCCCCCCOc1ccc(C(=O)Oc2ccc(CC(C)CC)cc2)cc1.C=CCOOCCCOc1ccc(OCOc2ccc(OC(=O)c3ccc(OCCCOC(=O)C=C)cc3)cc2C)cc1. The summed E-state index contributed by atoms with van der Waals surface area (Å²) in [5, 5.41) is 8.78. The molecule has 0 bridgehead atoms. The molecule has 2 atom stereocenters. The van der Waals surface area contributed by atoms with E-state index in [0.29, 0.717) is 176 Å². The second-order valence-electron chi connectivity index (χ2n) is 32.5. The fourth-order valence-electron chi connectivity index (χ4n) is 12.9. The number of unbranched alkanes of at least 4 members (excludes halogenated alkanes) is 9. The second-order valence-corrected chi connectivity index (χ2v) is 32.5. The van der Waals surface area contributed by atoms with Gasteiger partial charge >= 0.3 is 47.8 Å². The number of nitriles is 1. The molecule has 0 N–H and O–H groups in total. The first-order chi connectivity index (χ1) is 69.1. The van der Waals surface area contributed by atoms with E-state index in [1.807, 2.05) is 73.7 Å². The van der Waals surface area contributed by atoms with E-state index in [1.54, 1.807) is 158 Å². The molecule has 10 aromatic carbocycles. The van der Waals surface area contributed by atoms with Gasteiger partial charge in [-0.25, -0.2) is 48.1 Å². The molecule has 0 heterocycles. The zero-order chi connectivity index (χ0) is 102. The van der Waals surface area contributed by atoms with Crippen LogP contribution in [0.3, 0.4) is 0 Å². The maximum absolute atomic E-state index is 12.6. The van der Waals surface area contributed by atoms with Crippen LogP contribution in [-0.4, -0.2) is 127 Å². The van der Waals surface area contributed by atoms with Crippen molar-refractivity contribution in [2.75, 3.05) is 79.5 Å². The molecule has 0 radical (unpaired) electrons. The third kappa shape index (κ3) is 46.9. The van der Waals surface area contributed by atoms with Gasteiger partial charge in [-0.15, -0.1) is 6.58 Å². The molecule has 0 aliphatic heterocycles. The van der Waals surface area contributed by atoms with Gasteiger partial charge in [0.15, 0.2) is 0 Å². The Bertz CT molecular complexity index is 5500. The summed E-state index contributed by atoms with van der Waals surface area (Å²) < 4.78 is 81.3. The van der Waals surface area contributed by atoms with E-state index in [0.717, 1.165) is 131 Å². The zero-order valence-electron chi connectivity index (χ0n) is 82.0. The highest BCUT2D eigenvalue weighted by molar-refractivity contribution is 5.93. The van der Waals surface area contributed by atoms with Gasteiger partial charge in [0.1, 0.15) is 69.9 Å². The summed E-state index contributed by atoms with van der Waals surface area (Å²) in [6, 6.07) is 71.9. The van der Waals surface area contributed by atoms with Crippen molar-refractivity contribution in [1.29, 1.82) is 5.26 Å². The van der Waals surface area contributed by atoms with Gasteiger partial charge in [-0.2, -0.15) is 5.26 Å². The average molecular weight is 1940 g/mol. The molecule has 0 aliphatic carbocycles. The number of nitrogens with zero attached hydrogens (tertiary/aromatic N) is 1. The Kier molecular flexibility index (Phi) is 54.3. The van der Waals surface area contributed by atoms with Crippen LogP contribution >= 0.6 is 0 Å². The van der Waals surface area contributed by atoms with Crippen molar-refractivity contribution in [2.24, 2.45) is 11.8 Å². The Labute approximate surface area is 833 Å². The Balaban J connectivity index is 0.000000260. The molecule has 2 unspecified atom stereocenters. The first-order valence-corrected chi connectivity index (χ1v) is 47.8. The van der Waals surface area contributed by atoms with Crippen LogP contribution in [0.15, 0.2) is 300 Å². The van der Waals surface area contributed by atoms with Gasteiger partial charge in [0.05, 0.1) is 100.0 Å². The molecule has 0 spiro atoms. The van der Waals surface area contributed by atoms with Gasteiger partial charge in [-0.1, -0.05) is 121 Å². The van der Waals surface area contributed by atoms with E-state index in [4.69, 9.17) is 86.1 Å². The number of aryl methyl sites for hydroxylation is 1. The van der Waals surface area contributed by atoms with Crippen molar-refractivity contribution in [3.63, 3.8) is 0 Å². The maximum Gasteiger partial charge on any atom is 0.343 e. The Morgan fingerprint density at radius 1 is 0.303 bits per heavy atom. The van der Waals surface area contributed by atoms with Crippen molar-refractivity contribution in [3.05, 3.63) is 344 Å². The summed E-state index contributed by atoms with van der Waals surface area (Å²) in [5.74, 6) is 4.38. The first-order valence-electron chi connectivity index (χ1n) is 47.8. The number of carbonyl (C=O) groups excluding carboxylic acids is 8. The van der Waals surface area contributed by atoms with E-state index in [2.05, 4.69) is 84.9 Å². The minimum atomic E-state index is -0.502. The molecule has 10 aromatic rings. The largest absolute Gasteiger partial charge is 0.494 e. The molecule has 26 nitrogen and oxygen atoms in total. The predicted molar refractivity (Wildman–Crippen MR) is 544 cm³/mol. The van der Waals surface area contributed by atoms with Crippen LogP contribution in [0.5, 0.6) is 63.2 Å². The number of rotatable bonds is 60. The second kappa shape index (κ2) is 67.8. The van der Waals surface area contributed by atoms with Gasteiger partial charge in [0, 0.05) is 37.1 Å². The van der Waals surface area contributed by atoms with Crippen LogP contribution in [0.1, 0.15) is 194 Å². The molecule has 0 aliphatic rings. The molecule has 0 aromatic heterocycles. The summed E-state index contributed by atoms with van der Waals surface area (Å²) in [4.78, 5) is 103. The molecular weight excluding hydrogens is 1810 g/mol. The lowest BCUT2D eigenvalue weighted by Gasteiger charge is -2.12. The lowest BCUT2D eigenvalue weighted by atomic mass is 9.97. The monoisotopic (exact) mass is 1940 g/mol. The molecule has 142 heavy (non-hydrogen) atoms.